The second-order valence-corrected chi connectivity index (χ2v) is 5.35. The Labute approximate surface area is 120 Å². The number of aromatic nitrogens is 1. The fourth-order valence-corrected chi connectivity index (χ4v) is 2.58. The van der Waals surface area contributed by atoms with Gasteiger partial charge < -0.3 is 10.1 Å². The molecule has 2 aromatic rings. The number of ether oxygens (including phenoxy) is 1. The van der Waals surface area contributed by atoms with E-state index in [2.05, 4.69) is 15.0 Å². The number of hydrogen-bond acceptors (Lipinski definition) is 4. The quantitative estimate of drug-likeness (QED) is 0.869. The average molecular weight is 298 g/mol. The third-order valence-corrected chi connectivity index (χ3v) is 3.89. The molecule has 3 nitrogen and oxygen atoms in total. The van der Waals surface area contributed by atoms with E-state index < -0.39 is 6.61 Å². The normalized spacial score (nSPS) is 14.2. The molecule has 0 saturated carbocycles. The van der Waals surface area contributed by atoms with Crippen LogP contribution in [0.3, 0.4) is 0 Å². The number of thiazole rings is 1. The second kappa shape index (κ2) is 6.76. The van der Waals surface area contributed by atoms with E-state index in [1.807, 2.05) is 19.2 Å². The Morgan fingerprint density at radius 1 is 1.15 bits per heavy atom. The third kappa shape index (κ3) is 3.98. The monoisotopic (exact) mass is 298 g/mol. The first-order valence-electron chi connectivity index (χ1n) is 6.26. The highest BCUT2D eigenvalue weighted by atomic mass is 32.1. The molecule has 6 heteroatoms. The van der Waals surface area contributed by atoms with Gasteiger partial charge in [0.15, 0.2) is 0 Å². The lowest BCUT2D eigenvalue weighted by Gasteiger charge is -2.19. The van der Waals surface area contributed by atoms with E-state index in [4.69, 9.17) is 0 Å². The molecule has 0 radical (unpaired) electrons. The third-order valence-electron chi connectivity index (χ3n) is 2.93. The van der Waals surface area contributed by atoms with Crippen molar-refractivity contribution in [3.05, 3.63) is 46.4 Å². The summed E-state index contributed by atoms with van der Waals surface area (Å²) in [6, 6.07) is 6.89. The van der Waals surface area contributed by atoms with Crippen LogP contribution >= 0.6 is 11.3 Å². The molecule has 2 unspecified atom stereocenters. The predicted octanol–water partition coefficient (Wildman–Crippen LogP) is 4.16. The van der Waals surface area contributed by atoms with Crippen LogP contribution in [0.4, 0.5) is 8.78 Å². The summed E-state index contributed by atoms with van der Waals surface area (Å²) < 4.78 is 28.5. The first-order valence-corrected chi connectivity index (χ1v) is 7.14. The van der Waals surface area contributed by atoms with E-state index >= 15 is 0 Å². The van der Waals surface area contributed by atoms with Crippen LogP contribution in [0.25, 0.3) is 0 Å². The first kappa shape index (κ1) is 14.9. The number of benzene rings is 1. The molecule has 1 heterocycles. The Hall–Kier alpha value is -1.53. The summed E-state index contributed by atoms with van der Waals surface area (Å²) in [7, 11) is 0. The van der Waals surface area contributed by atoms with Crippen LogP contribution in [0.5, 0.6) is 5.75 Å². The number of nitrogens with zero attached hydrogens (tertiary/aromatic N) is 1. The van der Waals surface area contributed by atoms with Crippen molar-refractivity contribution in [1.29, 1.82) is 0 Å². The zero-order valence-corrected chi connectivity index (χ0v) is 12.0. The van der Waals surface area contributed by atoms with Gasteiger partial charge in [-0.3, -0.25) is 0 Å². The van der Waals surface area contributed by atoms with Crippen molar-refractivity contribution in [2.45, 2.75) is 32.5 Å². The van der Waals surface area contributed by atoms with Gasteiger partial charge in [-0.2, -0.15) is 8.78 Å². The molecule has 1 aromatic heterocycles. The topological polar surface area (TPSA) is 34.2 Å². The minimum absolute atomic E-state index is 0.0921. The van der Waals surface area contributed by atoms with Gasteiger partial charge in [0, 0.05) is 17.6 Å². The van der Waals surface area contributed by atoms with Crippen LogP contribution < -0.4 is 10.1 Å². The fourth-order valence-electron chi connectivity index (χ4n) is 1.93. The molecule has 0 aliphatic carbocycles. The summed E-state index contributed by atoms with van der Waals surface area (Å²) in [6.45, 7) is 1.28. The Morgan fingerprint density at radius 3 is 2.40 bits per heavy atom. The van der Waals surface area contributed by atoms with Crippen LogP contribution in [0.15, 0.2) is 35.8 Å². The zero-order chi connectivity index (χ0) is 14.5. The molecule has 2 atom stereocenters. The van der Waals surface area contributed by atoms with Crippen molar-refractivity contribution >= 4 is 11.3 Å². The smallest absolute Gasteiger partial charge is 0.387 e. The minimum atomic E-state index is -2.79. The molecule has 0 bridgehead atoms. The summed E-state index contributed by atoms with van der Waals surface area (Å²) in [5, 5.41) is 6.38. The predicted molar refractivity (Wildman–Crippen MR) is 75.2 cm³/mol. The molecule has 1 N–H and O–H groups in total. The second-order valence-electron chi connectivity index (χ2n) is 4.43. The average Bonchev–Trinajstić information content (AvgIpc) is 2.92. The summed E-state index contributed by atoms with van der Waals surface area (Å²) >= 11 is 1.60. The highest BCUT2D eigenvalue weighted by molar-refractivity contribution is 7.09. The van der Waals surface area contributed by atoms with Crippen molar-refractivity contribution in [3.8, 4) is 5.75 Å². The van der Waals surface area contributed by atoms with Crippen molar-refractivity contribution in [1.82, 2.24) is 10.3 Å². The standard InChI is InChI=1S/C14H16F2N2OS/c1-9(18-10(2)13-17-7-8-20-13)11-3-5-12(6-4-11)19-14(15)16/h3-10,14,18H,1-2H3. The van der Waals surface area contributed by atoms with Gasteiger partial charge in [0.25, 0.3) is 0 Å². The van der Waals surface area contributed by atoms with Crippen molar-refractivity contribution in [2.75, 3.05) is 0 Å². The Morgan fingerprint density at radius 2 is 1.85 bits per heavy atom. The number of rotatable bonds is 6. The maximum absolute atomic E-state index is 12.1. The molecule has 0 amide bonds. The Balaban J connectivity index is 1.97. The van der Waals surface area contributed by atoms with Crippen LogP contribution in [-0.4, -0.2) is 11.6 Å². The molecule has 0 aliphatic heterocycles. The van der Waals surface area contributed by atoms with E-state index in [9.17, 15) is 8.78 Å². The van der Waals surface area contributed by atoms with Gasteiger partial charge in [-0.05, 0) is 31.5 Å². The summed E-state index contributed by atoms with van der Waals surface area (Å²) in [4.78, 5) is 4.26. The van der Waals surface area contributed by atoms with Crippen molar-refractivity contribution in [2.24, 2.45) is 0 Å². The number of halogens is 2. The molecule has 1 aromatic carbocycles. The van der Waals surface area contributed by atoms with E-state index in [1.165, 1.54) is 0 Å². The van der Waals surface area contributed by atoms with Crippen molar-refractivity contribution in [3.63, 3.8) is 0 Å². The summed E-state index contributed by atoms with van der Waals surface area (Å²) in [5.41, 5.74) is 1.01. The van der Waals surface area contributed by atoms with Crippen LogP contribution in [-0.2, 0) is 0 Å². The highest BCUT2D eigenvalue weighted by Gasteiger charge is 2.13. The molecule has 0 fully saturated rings. The largest absolute Gasteiger partial charge is 0.435 e. The van der Waals surface area contributed by atoms with Gasteiger partial charge in [-0.15, -0.1) is 11.3 Å². The molecular weight excluding hydrogens is 282 g/mol. The molecule has 2 rings (SSSR count). The summed E-state index contributed by atoms with van der Waals surface area (Å²) in [5.74, 6) is 0.170. The molecule has 0 aliphatic rings. The van der Waals surface area contributed by atoms with E-state index in [1.54, 1.807) is 41.8 Å². The first-order chi connectivity index (χ1) is 9.56. The van der Waals surface area contributed by atoms with Gasteiger partial charge in [-0.25, -0.2) is 4.98 Å². The Kier molecular flexibility index (Phi) is 5.03. The van der Waals surface area contributed by atoms with Crippen LogP contribution in [0.1, 0.15) is 36.5 Å². The Bertz CT molecular complexity index is 516. The van der Waals surface area contributed by atoms with Crippen LogP contribution in [0.2, 0.25) is 0 Å². The molecule has 20 heavy (non-hydrogen) atoms. The van der Waals surface area contributed by atoms with Crippen molar-refractivity contribution < 1.29 is 13.5 Å². The van der Waals surface area contributed by atoms with Gasteiger partial charge in [-0.1, -0.05) is 12.1 Å². The van der Waals surface area contributed by atoms with Gasteiger partial charge in [0.2, 0.25) is 0 Å². The number of nitrogens with one attached hydrogen (secondary N) is 1. The zero-order valence-electron chi connectivity index (χ0n) is 11.2. The lowest BCUT2D eigenvalue weighted by atomic mass is 10.1. The molecular formula is C14H16F2N2OS. The molecule has 0 saturated heterocycles. The maximum atomic E-state index is 12.1. The number of hydrogen-bond donors (Lipinski definition) is 1. The van der Waals surface area contributed by atoms with Gasteiger partial charge in [0.05, 0.1) is 6.04 Å². The van der Waals surface area contributed by atoms with Gasteiger partial charge in [0.1, 0.15) is 10.8 Å². The molecule has 0 spiro atoms. The lowest BCUT2D eigenvalue weighted by Crippen LogP contribution is -2.22. The summed E-state index contributed by atoms with van der Waals surface area (Å²) in [6.07, 6.45) is 1.78. The maximum Gasteiger partial charge on any atom is 0.387 e. The SMILES string of the molecule is CC(NC(C)c1nccs1)c1ccc(OC(F)F)cc1. The van der Waals surface area contributed by atoms with Gasteiger partial charge >= 0.3 is 6.61 Å². The molecule has 108 valence electrons. The van der Waals surface area contributed by atoms with E-state index in [0.29, 0.717) is 0 Å². The fraction of sp³-hybridized carbons (Fsp3) is 0.357. The highest BCUT2D eigenvalue weighted by Crippen LogP contribution is 2.23. The van der Waals surface area contributed by atoms with E-state index in [0.717, 1.165) is 10.6 Å². The lowest BCUT2D eigenvalue weighted by molar-refractivity contribution is -0.0498. The van der Waals surface area contributed by atoms with E-state index in [-0.39, 0.29) is 17.8 Å². The van der Waals surface area contributed by atoms with Crippen LogP contribution in [0, 0.1) is 0 Å². The number of alkyl halides is 2. The minimum Gasteiger partial charge on any atom is -0.435 e.